The van der Waals surface area contributed by atoms with Crippen LogP contribution in [0.5, 0.6) is 0 Å². The highest BCUT2D eigenvalue weighted by atomic mass is 32.2. The number of hydrogen-bond acceptors (Lipinski definition) is 5. The third-order valence-corrected chi connectivity index (χ3v) is 5.00. The van der Waals surface area contributed by atoms with Gasteiger partial charge in [-0.1, -0.05) is 0 Å². The molecule has 0 aromatic carbocycles. The van der Waals surface area contributed by atoms with Gasteiger partial charge in [0.25, 0.3) is 0 Å². The predicted molar refractivity (Wildman–Crippen MR) is 70.0 cm³/mol. The number of primary amides is 1. The summed E-state index contributed by atoms with van der Waals surface area (Å²) in [6.07, 6.45) is 0.998. The number of nitrogens with zero attached hydrogens (tertiary/aromatic N) is 1. The Balaban J connectivity index is 2.32. The molecule has 1 saturated heterocycles. The highest BCUT2D eigenvalue weighted by molar-refractivity contribution is 7.89. The van der Waals surface area contributed by atoms with E-state index in [-0.39, 0.29) is 24.2 Å². The van der Waals surface area contributed by atoms with E-state index in [1.54, 1.807) is 7.11 Å². The van der Waals surface area contributed by atoms with Gasteiger partial charge in [0.2, 0.25) is 15.9 Å². The molecule has 112 valence electrons. The minimum atomic E-state index is -3.30. The van der Waals surface area contributed by atoms with E-state index >= 15 is 0 Å². The van der Waals surface area contributed by atoms with E-state index < -0.39 is 10.0 Å². The Hall–Kier alpha value is -0.700. The van der Waals surface area contributed by atoms with Crippen molar-refractivity contribution >= 4 is 15.9 Å². The van der Waals surface area contributed by atoms with Crippen LogP contribution >= 0.6 is 0 Å². The van der Waals surface area contributed by atoms with Crippen LogP contribution in [0, 0.1) is 5.92 Å². The summed E-state index contributed by atoms with van der Waals surface area (Å²) in [7, 11) is -1.75. The summed E-state index contributed by atoms with van der Waals surface area (Å²) in [5, 5.41) is 0. The normalized spacial score (nSPS) is 18.6. The molecule has 1 aliphatic heterocycles. The molecule has 0 saturated carbocycles. The Morgan fingerprint density at radius 1 is 1.26 bits per heavy atom. The number of piperidine rings is 1. The zero-order valence-electron chi connectivity index (χ0n) is 11.2. The molecule has 1 amide bonds. The third-order valence-electron chi connectivity index (χ3n) is 3.17. The first-order valence-corrected chi connectivity index (χ1v) is 7.92. The van der Waals surface area contributed by atoms with Crippen molar-refractivity contribution in [3.63, 3.8) is 0 Å². The van der Waals surface area contributed by atoms with E-state index in [0.717, 1.165) is 0 Å². The molecule has 0 aliphatic carbocycles. The molecule has 0 bridgehead atoms. The lowest BCUT2D eigenvalue weighted by Gasteiger charge is -2.29. The van der Waals surface area contributed by atoms with Crippen molar-refractivity contribution in [1.29, 1.82) is 0 Å². The molecule has 8 heteroatoms. The largest absolute Gasteiger partial charge is 0.382 e. The number of carbonyl (C=O) groups is 1. The Bertz CT molecular complexity index is 377. The predicted octanol–water partition coefficient (Wildman–Crippen LogP) is -0.823. The first-order valence-electron chi connectivity index (χ1n) is 6.31. The summed E-state index contributed by atoms with van der Waals surface area (Å²) in [5.74, 6) is -0.595. The van der Waals surface area contributed by atoms with Crippen LogP contribution in [-0.2, 0) is 24.3 Å². The molecular formula is C11H22N2O5S. The van der Waals surface area contributed by atoms with Crippen LogP contribution in [-0.4, -0.2) is 64.4 Å². The maximum Gasteiger partial charge on any atom is 0.220 e. The number of methoxy groups -OCH3 is 1. The number of nitrogens with two attached hydrogens (primary N) is 1. The van der Waals surface area contributed by atoms with Crippen LogP contribution in [0.15, 0.2) is 0 Å². The molecule has 0 radical (unpaired) electrons. The van der Waals surface area contributed by atoms with Crippen molar-refractivity contribution in [3.8, 4) is 0 Å². The van der Waals surface area contributed by atoms with Crippen LogP contribution in [0.2, 0.25) is 0 Å². The monoisotopic (exact) mass is 294 g/mol. The van der Waals surface area contributed by atoms with E-state index in [1.807, 2.05) is 0 Å². The smallest absolute Gasteiger partial charge is 0.220 e. The average Bonchev–Trinajstić information content (AvgIpc) is 2.38. The number of ether oxygens (including phenoxy) is 2. The maximum atomic E-state index is 12.0. The lowest BCUT2D eigenvalue weighted by Crippen LogP contribution is -2.43. The lowest BCUT2D eigenvalue weighted by atomic mass is 9.98. The van der Waals surface area contributed by atoms with E-state index in [2.05, 4.69) is 0 Å². The van der Waals surface area contributed by atoms with E-state index in [0.29, 0.717) is 39.1 Å². The lowest BCUT2D eigenvalue weighted by molar-refractivity contribution is -0.122. The number of sulfonamides is 1. The number of rotatable bonds is 8. The van der Waals surface area contributed by atoms with Gasteiger partial charge < -0.3 is 15.2 Å². The Morgan fingerprint density at radius 2 is 1.89 bits per heavy atom. The van der Waals surface area contributed by atoms with Crippen LogP contribution in [0.3, 0.4) is 0 Å². The third kappa shape index (κ3) is 5.43. The summed E-state index contributed by atoms with van der Waals surface area (Å²) >= 11 is 0. The van der Waals surface area contributed by atoms with Crippen molar-refractivity contribution in [2.75, 3.05) is 45.8 Å². The highest BCUT2D eigenvalue weighted by Gasteiger charge is 2.29. The van der Waals surface area contributed by atoms with Gasteiger partial charge in [-0.3, -0.25) is 4.79 Å². The van der Waals surface area contributed by atoms with Crippen molar-refractivity contribution in [3.05, 3.63) is 0 Å². The summed E-state index contributed by atoms with van der Waals surface area (Å²) in [4.78, 5) is 11.0. The van der Waals surface area contributed by atoms with Gasteiger partial charge >= 0.3 is 0 Å². The Labute approximate surface area is 114 Å². The molecule has 2 N–H and O–H groups in total. The first-order chi connectivity index (χ1) is 8.97. The van der Waals surface area contributed by atoms with Crippen LogP contribution in [0.25, 0.3) is 0 Å². The Kier molecular flexibility index (Phi) is 6.70. The number of carbonyl (C=O) groups excluding carboxylic acids is 1. The molecule has 0 aromatic rings. The summed E-state index contributed by atoms with van der Waals surface area (Å²) in [5.41, 5.74) is 5.21. The number of amides is 1. The average molecular weight is 294 g/mol. The van der Waals surface area contributed by atoms with Gasteiger partial charge in [0.15, 0.2) is 0 Å². The molecule has 1 aliphatic rings. The fraction of sp³-hybridized carbons (Fsp3) is 0.909. The standard InChI is InChI=1S/C11H22N2O5S/c1-17-6-7-18-8-9-19(15,16)13-4-2-10(3-5-13)11(12)14/h10H,2-9H2,1H3,(H2,12,14). The van der Waals surface area contributed by atoms with Gasteiger partial charge in [-0.05, 0) is 12.8 Å². The second-order valence-corrected chi connectivity index (χ2v) is 6.59. The van der Waals surface area contributed by atoms with Gasteiger partial charge in [-0.25, -0.2) is 12.7 Å². The highest BCUT2D eigenvalue weighted by Crippen LogP contribution is 2.19. The van der Waals surface area contributed by atoms with E-state index in [4.69, 9.17) is 15.2 Å². The SMILES string of the molecule is COCCOCCS(=O)(=O)N1CCC(C(N)=O)CC1. The van der Waals surface area contributed by atoms with Crippen LogP contribution in [0.4, 0.5) is 0 Å². The Morgan fingerprint density at radius 3 is 2.42 bits per heavy atom. The van der Waals surface area contributed by atoms with Crippen molar-refractivity contribution in [2.45, 2.75) is 12.8 Å². The molecule has 1 rings (SSSR count). The molecule has 0 atom stereocenters. The van der Waals surface area contributed by atoms with Gasteiger partial charge in [0.1, 0.15) is 0 Å². The molecule has 0 unspecified atom stereocenters. The molecule has 19 heavy (non-hydrogen) atoms. The first kappa shape index (κ1) is 16.4. The van der Waals surface area contributed by atoms with Gasteiger partial charge in [0, 0.05) is 26.1 Å². The molecule has 0 aromatic heterocycles. The van der Waals surface area contributed by atoms with Crippen molar-refractivity contribution < 1.29 is 22.7 Å². The zero-order chi connectivity index (χ0) is 14.3. The summed E-state index contributed by atoms with van der Waals surface area (Å²) in [6, 6.07) is 0. The van der Waals surface area contributed by atoms with Crippen LogP contribution < -0.4 is 5.73 Å². The topological polar surface area (TPSA) is 98.9 Å². The van der Waals surface area contributed by atoms with E-state index in [9.17, 15) is 13.2 Å². The van der Waals surface area contributed by atoms with Gasteiger partial charge in [-0.2, -0.15) is 0 Å². The quantitative estimate of drug-likeness (QED) is 0.589. The molecule has 1 fully saturated rings. The fourth-order valence-electron chi connectivity index (χ4n) is 1.96. The van der Waals surface area contributed by atoms with Gasteiger partial charge in [0.05, 0.1) is 25.6 Å². The maximum absolute atomic E-state index is 12.0. The second kappa shape index (κ2) is 7.78. The zero-order valence-corrected chi connectivity index (χ0v) is 12.0. The molecular weight excluding hydrogens is 272 g/mol. The van der Waals surface area contributed by atoms with Crippen molar-refractivity contribution in [2.24, 2.45) is 11.7 Å². The van der Waals surface area contributed by atoms with Gasteiger partial charge in [-0.15, -0.1) is 0 Å². The summed E-state index contributed by atoms with van der Waals surface area (Å²) < 4.78 is 35.3. The van der Waals surface area contributed by atoms with Crippen LogP contribution in [0.1, 0.15) is 12.8 Å². The second-order valence-electron chi connectivity index (χ2n) is 4.50. The molecule has 0 spiro atoms. The fourth-order valence-corrected chi connectivity index (χ4v) is 3.31. The molecule has 7 nitrogen and oxygen atoms in total. The minimum absolute atomic E-state index is 0.0437. The minimum Gasteiger partial charge on any atom is -0.382 e. The summed E-state index contributed by atoms with van der Waals surface area (Å²) in [6.45, 7) is 1.70. The molecule has 1 heterocycles. The number of hydrogen-bond donors (Lipinski definition) is 1. The van der Waals surface area contributed by atoms with E-state index in [1.165, 1.54) is 4.31 Å². The van der Waals surface area contributed by atoms with Crippen molar-refractivity contribution in [1.82, 2.24) is 4.31 Å².